The molecule has 2 aromatic rings. The molecule has 0 N–H and O–H groups in total. The van der Waals surface area contributed by atoms with E-state index in [9.17, 15) is 9.18 Å². The van der Waals surface area contributed by atoms with Crippen LogP contribution in [0.1, 0.15) is 11.5 Å². The Morgan fingerprint density at radius 2 is 2.12 bits per heavy atom. The molecule has 0 aliphatic carbocycles. The summed E-state index contributed by atoms with van der Waals surface area (Å²) in [7, 11) is 2.83. The molecule has 1 aromatic carbocycles. The molecule has 1 fully saturated rings. The zero-order valence-corrected chi connectivity index (χ0v) is 13.5. The van der Waals surface area contributed by atoms with E-state index in [0.29, 0.717) is 30.2 Å². The minimum Gasteiger partial charge on any atom is -0.497 e. The summed E-state index contributed by atoms with van der Waals surface area (Å²) >= 11 is 0. The van der Waals surface area contributed by atoms with Gasteiger partial charge in [0, 0.05) is 31.3 Å². The summed E-state index contributed by atoms with van der Waals surface area (Å²) in [4.78, 5) is 14.1. The van der Waals surface area contributed by atoms with Crippen LogP contribution in [0.25, 0.3) is 0 Å². The lowest BCUT2D eigenvalue weighted by molar-refractivity contribution is -0.145. The number of benzene rings is 1. The molecule has 2 atom stereocenters. The number of rotatable bonds is 4. The molecular weight excluding hydrogens is 313 g/mol. The van der Waals surface area contributed by atoms with Crippen molar-refractivity contribution < 1.29 is 18.7 Å². The first-order valence-corrected chi connectivity index (χ1v) is 7.58. The minimum absolute atomic E-state index is 0.328. The zero-order chi connectivity index (χ0) is 17.1. The number of methoxy groups -OCH3 is 2. The third kappa shape index (κ3) is 3.02. The van der Waals surface area contributed by atoms with E-state index in [1.54, 1.807) is 24.4 Å². The maximum atomic E-state index is 14.5. The largest absolute Gasteiger partial charge is 0.497 e. The molecule has 2 heterocycles. The maximum Gasteiger partial charge on any atom is 0.311 e. The summed E-state index contributed by atoms with van der Waals surface area (Å²) in [5, 5.41) is 7.93. The summed E-state index contributed by atoms with van der Waals surface area (Å²) < 4.78 is 24.4. The van der Waals surface area contributed by atoms with Gasteiger partial charge >= 0.3 is 5.97 Å². The Morgan fingerprint density at radius 3 is 2.75 bits per heavy atom. The van der Waals surface area contributed by atoms with E-state index in [1.807, 2.05) is 11.0 Å². The number of halogens is 1. The van der Waals surface area contributed by atoms with Gasteiger partial charge in [0.25, 0.3) is 0 Å². The van der Waals surface area contributed by atoms with E-state index in [1.165, 1.54) is 20.3 Å². The average Bonchev–Trinajstić information content (AvgIpc) is 3.06. The minimum atomic E-state index is -0.472. The lowest BCUT2D eigenvalue weighted by Gasteiger charge is -2.17. The van der Waals surface area contributed by atoms with Gasteiger partial charge < -0.3 is 14.4 Å². The van der Waals surface area contributed by atoms with Crippen LogP contribution in [0.4, 0.5) is 10.2 Å². The van der Waals surface area contributed by atoms with Crippen molar-refractivity contribution in [2.75, 3.05) is 32.2 Å². The lowest BCUT2D eigenvalue weighted by Crippen LogP contribution is -2.25. The number of hydrogen-bond acceptors (Lipinski definition) is 6. The summed E-state index contributed by atoms with van der Waals surface area (Å²) in [5.74, 6) is -0.460. The second-order valence-corrected chi connectivity index (χ2v) is 5.61. The topological polar surface area (TPSA) is 64.5 Å². The van der Waals surface area contributed by atoms with Crippen LogP contribution in [0.2, 0.25) is 0 Å². The SMILES string of the molecule is COC(=O)[C@@H]1CN(c2cccnn2)C[C@H]1c1ccc(OC)cc1F. The summed E-state index contributed by atoms with van der Waals surface area (Å²) in [6.45, 7) is 0.864. The summed E-state index contributed by atoms with van der Waals surface area (Å²) in [5.41, 5.74) is 0.470. The molecule has 1 aliphatic heterocycles. The van der Waals surface area contributed by atoms with Gasteiger partial charge in [-0.2, -0.15) is 5.10 Å². The van der Waals surface area contributed by atoms with Crippen molar-refractivity contribution in [1.82, 2.24) is 10.2 Å². The normalized spacial score (nSPS) is 20.0. The number of carbonyl (C=O) groups excluding carboxylic acids is 1. The summed E-state index contributed by atoms with van der Waals surface area (Å²) in [6.07, 6.45) is 1.58. The molecule has 0 radical (unpaired) electrons. The quantitative estimate of drug-likeness (QED) is 0.799. The zero-order valence-electron chi connectivity index (χ0n) is 13.5. The maximum absolute atomic E-state index is 14.5. The molecule has 0 unspecified atom stereocenters. The predicted octanol–water partition coefficient (Wildman–Crippen LogP) is 2.02. The second kappa shape index (κ2) is 6.82. The third-order valence-corrected chi connectivity index (χ3v) is 4.31. The average molecular weight is 331 g/mol. The molecule has 0 amide bonds. The van der Waals surface area contributed by atoms with Gasteiger partial charge in [0.05, 0.1) is 20.1 Å². The number of anilines is 1. The van der Waals surface area contributed by atoms with E-state index in [-0.39, 0.29) is 11.9 Å². The van der Waals surface area contributed by atoms with E-state index < -0.39 is 11.7 Å². The van der Waals surface area contributed by atoms with Gasteiger partial charge in [-0.05, 0) is 23.8 Å². The van der Waals surface area contributed by atoms with Gasteiger partial charge in [0.2, 0.25) is 0 Å². The van der Waals surface area contributed by atoms with Crippen LogP contribution in [-0.4, -0.2) is 43.5 Å². The van der Waals surface area contributed by atoms with Crippen molar-refractivity contribution in [3.8, 4) is 5.75 Å². The second-order valence-electron chi connectivity index (χ2n) is 5.61. The van der Waals surface area contributed by atoms with Gasteiger partial charge in [-0.25, -0.2) is 4.39 Å². The van der Waals surface area contributed by atoms with Gasteiger partial charge in [-0.1, -0.05) is 6.07 Å². The first kappa shape index (κ1) is 16.2. The van der Waals surface area contributed by atoms with Crippen LogP contribution in [-0.2, 0) is 9.53 Å². The molecule has 1 aromatic heterocycles. The van der Waals surface area contributed by atoms with Gasteiger partial charge in [0.1, 0.15) is 11.6 Å². The Bertz CT molecular complexity index is 726. The first-order valence-electron chi connectivity index (χ1n) is 7.58. The van der Waals surface area contributed by atoms with Crippen LogP contribution in [0, 0.1) is 11.7 Å². The van der Waals surface area contributed by atoms with Crippen molar-refractivity contribution in [3.63, 3.8) is 0 Å². The standard InChI is InChI=1S/C17H18FN3O3/c1-23-11-5-6-12(15(18)8-11)13-9-21(10-14(13)17(22)24-2)16-4-3-7-19-20-16/h3-8,13-14H,9-10H2,1-2H3/t13-,14+/m0/s1. The molecule has 7 heteroatoms. The van der Waals surface area contributed by atoms with Crippen molar-refractivity contribution in [2.45, 2.75) is 5.92 Å². The molecule has 3 rings (SSSR count). The monoisotopic (exact) mass is 331 g/mol. The Kier molecular flexibility index (Phi) is 4.59. The fraction of sp³-hybridized carbons (Fsp3) is 0.353. The fourth-order valence-electron chi connectivity index (χ4n) is 3.09. The molecule has 0 bridgehead atoms. The number of esters is 1. The van der Waals surface area contributed by atoms with Crippen molar-refractivity contribution in [2.24, 2.45) is 5.92 Å². The van der Waals surface area contributed by atoms with Crippen LogP contribution in [0.15, 0.2) is 36.5 Å². The van der Waals surface area contributed by atoms with E-state index in [4.69, 9.17) is 9.47 Å². The molecule has 126 valence electrons. The molecule has 1 saturated heterocycles. The smallest absolute Gasteiger partial charge is 0.311 e. The van der Waals surface area contributed by atoms with E-state index >= 15 is 0 Å². The van der Waals surface area contributed by atoms with Gasteiger partial charge in [-0.15, -0.1) is 5.10 Å². The highest BCUT2D eigenvalue weighted by Gasteiger charge is 2.41. The van der Waals surface area contributed by atoms with Crippen LogP contribution in [0.3, 0.4) is 0 Å². The predicted molar refractivity (Wildman–Crippen MR) is 85.4 cm³/mol. The van der Waals surface area contributed by atoms with Gasteiger partial charge in [-0.3, -0.25) is 4.79 Å². The lowest BCUT2D eigenvalue weighted by atomic mass is 9.88. The van der Waals surface area contributed by atoms with Crippen LogP contribution in [0.5, 0.6) is 5.75 Å². The highest BCUT2D eigenvalue weighted by Crippen LogP contribution is 2.37. The molecule has 0 spiro atoms. The Balaban J connectivity index is 1.93. The van der Waals surface area contributed by atoms with E-state index in [0.717, 1.165) is 0 Å². The molecular formula is C17H18FN3O3. The number of nitrogens with zero attached hydrogens (tertiary/aromatic N) is 3. The van der Waals surface area contributed by atoms with E-state index in [2.05, 4.69) is 10.2 Å². The highest BCUT2D eigenvalue weighted by molar-refractivity contribution is 5.75. The number of hydrogen-bond donors (Lipinski definition) is 0. The third-order valence-electron chi connectivity index (χ3n) is 4.31. The van der Waals surface area contributed by atoms with Gasteiger partial charge in [0.15, 0.2) is 5.82 Å². The van der Waals surface area contributed by atoms with Crippen molar-refractivity contribution in [1.29, 1.82) is 0 Å². The van der Waals surface area contributed by atoms with Crippen LogP contribution < -0.4 is 9.64 Å². The number of carbonyl (C=O) groups is 1. The fourth-order valence-corrected chi connectivity index (χ4v) is 3.09. The van der Waals surface area contributed by atoms with Crippen molar-refractivity contribution in [3.05, 3.63) is 47.9 Å². The van der Waals surface area contributed by atoms with Crippen LogP contribution >= 0.6 is 0 Å². The molecule has 1 aliphatic rings. The Morgan fingerprint density at radius 1 is 1.29 bits per heavy atom. The summed E-state index contributed by atoms with van der Waals surface area (Å²) in [6, 6.07) is 8.27. The number of ether oxygens (including phenoxy) is 2. The molecule has 24 heavy (non-hydrogen) atoms. The molecule has 0 saturated carbocycles. The Hall–Kier alpha value is -2.70. The Labute approximate surface area is 139 Å². The first-order chi connectivity index (χ1) is 11.6. The highest BCUT2D eigenvalue weighted by atomic mass is 19.1. The van der Waals surface area contributed by atoms with Crippen molar-refractivity contribution >= 4 is 11.8 Å². The molecule has 6 nitrogen and oxygen atoms in total. The number of aromatic nitrogens is 2.